The van der Waals surface area contributed by atoms with E-state index < -0.39 is 0 Å². The van der Waals surface area contributed by atoms with E-state index in [1.807, 2.05) is 38.1 Å². The van der Waals surface area contributed by atoms with Gasteiger partial charge in [-0.05, 0) is 18.1 Å². The zero-order chi connectivity index (χ0) is 11.7. The standard InChI is InChI=1S/C14H16O2/c1-4-10-6-5-7-11-8-12(16-14(10)11)13(15)9(2)3/h5-9H,4H2,1-3H3. The van der Waals surface area contributed by atoms with Crippen molar-refractivity contribution in [2.75, 3.05) is 0 Å². The third-order valence-corrected chi connectivity index (χ3v) is 2.77. The second-order valence-electron chi connectivity index (χ2n) is 4.32. The molecule has 0 fully saturated rings. The molecule has 0 amide bonds. The first kappa shape index (κ1) is 10.9. The zero-order valence-corrected chi connectivity index (χ0v) is 9.91. The first-order valence-electron chi connectivity index (χ1n) is 5.69. The highest BCUT2D eigenvalue weighted by Crippen LogP contribution is 2.24. The van der Waals surface area contributed by atoms with Crippen molar-refractivity contribution in [3.05, 3.63) is 35.6 Å². The number of benzene rings is 1. The third kappa shape index (κ3) is 1.75. The molecule has 0 aliphatic heterocycles. The molecule has 2 rings (SSSR count). The van der Waals surface area contributed by atoms with E-state index in [0.717, 1.165) is 23.0 Å². The zero-order valence-electron chi connectivity index (χ0n) is 9.91. The molecule has 0 atom stereocenters. The average Bonchev–Trinajstić information content (AvgIpc) is 2.70. The first-order chi connectivity index (χ1) is 7.63. The van der Waals surface area contributed by atoms with Crippen molar-refractivity contribution >= 4 is 16.8 Å². The minimum Gasteiger partial charge on any atom is -0.453 e. The maximum atomic E-state index is 11.8. The Morgan fingerprint density at radius 2 is 2.12 bits per heavy atom. The van der Waals surface area contributed by atoms with Gasteiger partial charge >= 0.3 is 0 Å². The van der Waals surface area contributed by atoms with Crippen LogP contribution in [0.4, 0.5) is 0 Å². The van der Waals surface area contributed by atoms with Gasteiger partial charge in [-0.2, -0.15) is 0 Å². The number of carbonyl (C=O) groups is 1. The van der Waals surface area contributed by atoms with Crippen molar-refractivity contribution in [1.29, 1.82) is 0 Å². The molecule has 2 heteroatoms. The summed E-state index contributed by atoms with van der Waals surface area (Å²) < 4.78 is 5.66. The van der Waals surface area contributed by atoms with E-state index in [9.17, 15) is 4.79 Å². The van der Waals surface area contributed by atoms with Gasteiger partial charge in [0.15, 0.2) is 5.76 Å². The molecule has 0 N–H and O–H groups in total. The van der Waals surface area contributed by atoms with Crippen LogP contribution in [0.15, 0.2) is 28.7 Å². The topological polar surface area (TPSA) is 30.2 Å². The second-order valence-corrected chi connectivity index (χ2v) is 4.32. The molecule has 0 spiro atoms. The monoisotopic (exact) mass is 216 g/mol. The molecule has 0 unspecified atom stereocenters. The lowest BCUT2D eigenvalue weighted by atomic mass is 10.1. The summed E-state index contributed by atoms with van der Waals surface area (Å²) in [5.74, 6) is 0.523. The van der Waals surface area contributed by atoms with Crippen LogP contribution in [0.3, 0.4) is 0 Å². The summed E-state index contributed by atoms with van der Waals surface area (Å²) in [6.07, 6.45) is 0.917. The number of rotatable bonds is 3. The predicted molar refractivity (Wildman–Crippen MR) is 64.8 cm³/mol. The van der Waals surface area contributed by atoms with Crippen LogP contribution in [0, 0.1) is 5.92 Å². The van der Waals surface area contributed by atoms with E-state index in [4.69, 9.17) is 4.42 Å². The van der Waals surface area contributed by atoms with Crippen LogP contribution in [0.25, 0.3) is 11.0 Å². The molecule has 0 radical (unpaired) electrons. The Hall–Kier alpha value is -1.57. The van der Waals surface area contributed by atoms with Gasteiger partial charge in [0.25, 0.3) is 0 Å². The van der Waals surface area contributed by atoms with Crippen molar-refractivity contribution in [1.82, 2.24) is 0 Å². The molecular formula is C14H16O2. The van der Waals surface area contributed by atoms with Gasteiger partial charge in [0.2, 0.25) is 5.78 Å². The number of aryl methyl sites for hydroxylation is 1. The number of ketones is 1. The van der Waals surface area contributed by atoms with E-state index in [1.54, 1.807) is 0 Å². The second kappa shape index (κ2) is 4.12. The van der Waals surface area contributed by atoms with Crippen molar-refractivity contribution in [3.8, 4) is 0 Å². The lowest BCUT2D eigenvalue weighted by Crippen LogP contribution is -2.05. The number of Topliss-reactive ketones (excluding diaryl/α,β-unsaturated/α-hetero) is 1. The summed E-state index contributed by atoms with van der Waals surface area (Å²) in [5, 5.41) is 1.02. The summed E-state index contributed by atoms with van der Waals surface area (Å²) >= 11 is 0. The Labute approximate surface area is 95.3 Å². The molecule has 0 saturated heterocycles. The number of para-hydroxylation sites is 1. The van der Waals surface area contributed by atoms with Crippen LogP contribution in [-0.4, -0.2) is 5.78 Å². The van der Waals surface area contributed by atoms with Crippen molar-refractivity contribution < 1.29 is 9.21 Å². The summed E-state index contributed by atoms with van der Waals surface area (Å²) in [7, 11) is 0. The van der Waals surface area contributed by atoms with Crippen LogP contribution >= 0.6 is 0 Å². The van der Waals surface area contributed by atoms with Crippen molar-refractivity contribution in [2.24, 2.45) is 5.92 Å². The molecule has 16 heavy (non-hydrogen) atoms. The van der Waals surface area contributed by atoms with Crippen LogP contribution in [0.2, 0.25) is 0 Å². The van der Waals surface area contributed by atoms with Crippen LogP contribution in [0.1, 0.15) is 36.9 Å². The van der Waals surface area contributed by atoms with Gasteiger partial charge in [-0.15, -0.1) is 0 Å². The maximum absolute atomic E-state index is 11.8. The molecule has 1 heterocycles. The van der Waals surface area contributed by atoms with Gasteiger partial charge < -0.3 is 4.42 Å². The largest absolute Gasteiger partial charge is 0.453 e. The van der Waals surface area contributed by atoms with Gasteiger partial charge in [0.05, 0.1) is 0 Å². The van der Waals surface area contributed by atoms with Crippen LogP contribution in [0.5, 0.6) is 0 Å². The fourth-order valence-electron chi connectivity index (χ4n) is 1.81. The normalized spacial score (nSPS) is 11.2. The highest BCUT2D eigenvalue weighted by atomic mass is 16.3. The SMILES string of the molecule is CCc1cccc2cc(C(=O)C(C)C)oc12. The summed E-state index contributed by atoms with van der Waals surface area (Å²) in [5.41, 5.74) is 2.01. The molecule has 2 nitrogen and oxygen atoms in total. The Morgan fingerprint density at radius 1 is 1.38 bits per heavy atom. The summed E-state index contributed by atoms with van der Waals surface area (Å²) in [4.78, 5) is 11.8. The number of furan rings is 1. The quantitative estimate of drug-likeness (QED) is 0.730. The minimum atomic E-state index is -0.0226. The van der Waals surface area contributed by atoms with E-state index in [-0.39, 0.29) is 11.7 Å². The molecule has 0 aliphatic rings. The smallest absolute Gasteiger partial charge is 0.200 e. The van der Waals surface area contributed by atoms with Gasteiger partial charge in [-0.3, -0.25) is 4.79 Å². The molecule has 2 aromatic rings. The number of hydrogen-bond donors (Lipinski definition) is 0. The molecule has 84 valence electrons. The van der Waals surface area contributed by atoms with Gasteiger partial charge in [-0.25, -0.2) is 0 Å². The van der Waals surface area contributed by atoms with Gasteiger partial charge in [0, 0.05) is 11.3 Å². The number of carbonyl (C=O) groups excluding carboxylic acids is 1. The molecule has 1 aromatic heterocycles. The molecule has 0 aliphatic carbocycles. The molecular weight excluding hydrogens is 200 g/mol. The van der Waals surface area contributed by atoms with E-state index in [2.05, 4.69) is 6.92 Å². The van der Waals surface area contributed by atoms with E-state index in [1.165, 1.54) is 0 Å². The van der Waals surface area contributed by atoms with Crippen molar-refractivity contribution in [2.45, 2.75) is 27.2 Å². The molecule has 0 bridgehead atoms. The van der Waals surface area contributed by atoms with Crippen LogP contribution < -0.4 is 0 Å². The molecule has 0 saturated carbocycles. The third-order valence-electron chi connectivity index (χ3n) is 2.77. The lowest BCUT2D eigenvalue weighted by molar-refractivity contribution is 0.0913. The Balaban J connectivity index is 2.56. The van der Waals surface area contributed by atoms with E-state index in [0.29, 0.717) is 5.76 Å². The average molecular weight is 216 g/mol. The van der Waals surface area contributed by atoms with Gasteiger partial charge in [0.1, 0.15) is 5.58 Å². The fourth-order valence-corrected chi connectivity index (χ4v) is 1.81. The molecule has 1 aromatic carbocycles. The highest BCUT2D eigenvalue weighted by molar-refractivity contribution is 5.99. The highest BCUT2D eigenvalue weighted by Gasteiger charge is 2.16. The van der Waals surface area contributed by atoms with E-state index >= 15 is 0 Å². The predicted octanol–water partition coefficient (Wildman–Crippen LogP) is 3.83. The fraction of sp³-hybridized carbons (Fsp3) is 0.357. The number of fused-ring (bicyclic) bond motifs is 1. The first-order valence-corrected chi connectivity index (χ1v) is 5.69. The van der Waals surface area contributed by atoms with Gasteiger partial charge in [-0.1, -0.05) is 39.0 Å². The Kier molecular flexibility index (Phi) is 2.82. The summed E-state index contributed by atoms with van der Waals surface area (Å²) in [6.45, 7) is 5.85. The Bertz CT molecular complexity index is 521. The minimum absolute atomic E-state index is 0.0226. The summed E-state index contributed by atoms with van der Waals surface area (Å²) in [6, 6.07) is 7.86. The van der Waals surface area contributed by atoms with Crippen LogP contribution in [-0.2, 0) is 6.42 Å². The van der Waals surface area contributed by atoms with Crippen molar-refractivity contribution in [3.63, 3.8) is 0 Å². The number of hydrogen-bond acceptors (Lipinski definition) is 2. The maximum Gasteiger partial charge on any atom is 0.200 e. The lowest BCUT2D eigenvalue weighted by Gasteiger charge is -1.99. The Morgan fingerprint density at radius 3 is 2.75 bits per heavy atom.